The van der Waals surface area contributed by atoms with Gasteiger partial charge in [-0.1, -0.05) is 6.42 Å². The summed E-state index contributed by atoms with van der Waals surface area (Å²) in [5.74, 6) is -1.10. The van der Waals surface area contributed by atoms with Crippen molar-refractivity contribution in [3.8, 4) is 0 Å². The van der Waals surface area contributed by atoms with Gasteiger partial charge in [0.2, 0.25) is 0 Å². The van der Waals surface area contributed by atoms with Crippen molar-refractivity contribution in [3.05, 3.63) is 16.6 Å². The van der Waals surface area contributed by atoms with E-state index in [9.17, 15) is 9.59 Å². The summed E-state index contributed by atoms with van der Waals surface area (Å²) in [6, 6.07) is -0.291. The lowest BCUT2D eigenvalue weighted by molar-refractivity contribution is -0.143. The van der Waals surface area contributed by atoms with Gasteiger partial charge in [-0.05, 0) is 19.3 Å². The Balaban J connectivity index is 1.74. The minimum atomic E-state index is -0.767. The number of carboxylic acid groups (broad SMARTS) is 1. The highest BCUT2D eigenvalue weighted by Crippen LogP contribution is 2.24. The van der Waals surface area contributed by atoms with Gasteiger partial charge in [-0.25, -0.2) is 4.79 Å². The Kier molecular flexibility index (Phi) is 4.73. The number of nitrogens with one attached hydrogen (secondary N) is 2. The van der Waals surface area contributed by atoms with Gasteiger partial charge < -0.3 is 15.7 Å². The zero-order valence-electron chi connectivity index (χ0n) is 10.5. The van der Waals surface area contributed by atoms with Crippen LogP contribution < -0.4 is 10.6 Å². The Morgan fingerprint density at radius 2 is 2.32 bits per heavy atom. The number of urea groups is 1. The molecule has 0 aromatic carbocycles. The van der Waals surface area contributed by atoms with Crippen molar-refractivity contribution < 1.29 is 14.7 Å². The maximum absolute atomic E-state index is 11.7. The number of carbonyl (C=O) groups excluding carboxylic acids is 1. The van der Waals surface area contributed by atoms with E-state index >= 15 is 0 Å². The minimum absolute atomic E-state index is 0.0451. The molecule has 1 heterocycles. The van der Waals surface area contributed by atoms with Gasteiger partial charge in [0.25, 0.3) is 0 Å². The molecule has 0 bridgehead atoms. The summed E-state index contributed by atoms with van der Waals surface area (Å²) in [4.78, 5) is 27.5. The second-order valence-electron chi connectivity index (χ2n) is 4.69. The van der Waals surface area contributed by atoms with E-state index in [1.165, 1.54) is 11.3 Å². The van der Waals surface area contributed by atoms with E-state index < -0.39 is 5.97 Å². The monoisotopic (exact) mass is 283 g/mol. The van der Waals surface area contributed by atoms with Gasteiger partial charge in [0.1, 0.15) is 0 Å². The quantitative estimate of drug-likeness (QED) is 0.782. The molecule has 0 aliphatic heterocycles. The van der Waals surface area contributed by atoms with Gasteiger partial charge in [0.05, 0.1) is 18.0 Å². The molecule has 2 amide bonds. The van der Waals surface area contributed by atoms with E-state index in [4.69, 9.17) is 5.11 Å². The molecule has 7 heteroatoms. The first-order chi connectivity index (χ1) is 9.15. The number of nitrogens with zero attached hydrogens (tertiary/aromatic N) is 1. The first kappa shape index (κ1) is 13.8. The van der Waals surface area contributed by atoms with Crippen LogP contribution in [-0.2, 0) is 11.3 Å². The Morgan fingerprint density at radius 3 is 3.00 bits per heavy atom. The molecule has 0 saturated heterocycles. The molecule has 104 valence electrons. The van der Waals surface area contributed by atoms with E-state index in [1.807, 2.05) is 0 Å². The van der Waals surface area contributed by atoms with Gasteiger partial charge in [0.15, 0.2) is 0 Å². The average molecular weight is 283 g/mol. The van der Waals surface area contributed by atoms with Crippen LogP contribution in [0.15, 0.2) is 11.7 Å². The molecule has 1 saturated carbocycles. The van der Waals surface area contributed by atoms with Gasteiger partial charge in [0, 0.05) is 17.1 Å². The maximum Gasteiger partial charge on any atom is 0.315 e. The van der Waals surface area contributed by atoms with Crippen LogP contribution in [0.5, 0.6) is 0 Å². The molecule has 1 aliphatic carbocycles. The van der Waals surface area contributed by atoms with Crippen molar-refractivity contribution in [2.45, 2.75) is 38.3 Å². The van der Waals surface area contributed by atoms with Crippen LogP contribution in [0.2, 0.25) is 0 Å². The molecular weight excluding hydrogens is 266 g/mol. The third-order valence-corrected chi connectivity index (χ3v) is 4.04. The Morgan fingerprint density at radius 1 is 1.47 bits per heavy atom. The molecule has 2 unspecified atom stereocenters. The van der Waals surface area contributed by atoms with Crippen LogP contribution in [0.4, 0.5) is 4.79 Å². The summed E-state index contributed by atoms with van der Waals surface area (Å²) in [5, 5.41) is 14.6. The maximum atomic E-state index is 11.7. The zero-order chi connectivity index (χ0) is 13.7. The Bertz CT molecular complexity index is 435. The third-order valence-electron chi connectivity index (χ3n) is 3.27. The van der Waals surface area contributed by atoms with Gasteiger partial charge in [-0.3, -0.25) is 9.78 Å². The molecule has 2 rings (SSSR count). The largest absolute Gasteiger partial charge is 0.481 e. The van der Waals surface area contributed by atoms with Crippen LogP contribution in [0.3, 0.4) is 0 Å². The van der Waals surface area contributed by atoms with Crippen LogP contribution in [0.25, 0.3) is 0 Å². The molecule has 19 heavy (non-hydrogen) atoms. The predicted molar refractivity (Wildman–Crippen MR) is 70.9 cm³/mol. The highest BCUT2D eigenvalue weighted by molar-refractivity contribution is 7.09. The number of hydrogen-bond donors (Lipinski definition) is 3. The van der Waals surface area contributed by atoms with E-state index in [1.54, 1.807) is 11.7 Å². The summed E-state index contributed by atoms with van der Waals surface area (Å²) in [7, 11) is 0. The lowest BCUT2D eigenvalue weighted by atomic mass is 9.86. The molecule has 1 aromatic rings. The van der Waals surface area contributed by atoms with E-state index in [2.05, 4.69) is 15.6 Å². The molecule has 0 spiro atoms. The third kappa shape index (κ3) is 4.20. The summed E-state index contributed by atoms with van der Waals surface area (Å²) in [5.41, 5.74) is 1.72. The average Bonchev–Trinajstić information content (AvgIpc) is 2.90. The molecule has 3 N–H and O–H groups in total. The van der Waals surface area contributed by atoms with Crippen LogP contribution in [0.1, 0.15) is 30.6 Å². The number of hydrogen-bond acceptors (Lipinski definition) is 4. The minimum Gasteiger partial charge on any atom is -0.481 e. The summed E-state index contributed by atoms with van der Waals surface area (Å²) >= 11 is 1.48. The molecular formula is C12H17N3O3S. The van der Waals surface area contributed by atoms with Crippen molar-refractivity contribution >= 4 is 23.3 Å². The second kappa shape index (κ2) is 6.51. The van der Waals surface area contributed by atoms with Crippen LogP contribution >= 0.6 is 11.3 Å². The number of aromatic nitrogens is 1. The second-order valence-corrected chi connectivity index (χ2v) is 5.66. The number of carboxylic acids is 1. The topological polar surface area (TPSA) is 91.3 Å². The smallest absolute Gasteiger partial charge is 0.315 e. The van der Waals surface area contributed by atoms with E-state index in [0.717, 1.165) is 17.7 Å². The molecule has 0 radical (unpaired) electrons. The van der Waals surface area contributed by atoms with Gasteiger partial charge in [-0.2, -0.15) is 0 Å². The SMILES string of the molecule is O=C(NCc1cncs1)NC1CCCC(C(=O)O)C1. The molecule has 1 aliphatic rings. The van der Waals surface area contributed by atoms with Crippen LogP contribution in [0, 0.1) is 5.92 Å². The molecule has 6 nitrogen and oxygen atoms in total. The lowest BCUT2D eigenvalue weighted by Crippen LogP contribution is -2.44. The normalized spacial score (nSPS) is 22.7. The fourth-order valence-corrected chi connectivity index (χ4v) is 2.81. The van der Waals surface area contributed by atoms with E-state index in [-0.39, 0.29) is 18.0 Å². The van der Waals surface area contributed by atoms with Crippen molar-refractivity contribution in [1.29, 1.82) is 0 Å². The first-order valence-electron chi connectivity index (χ1n) is 6.29. The van der Waals surface area contributed by atoms with Crippen molar-refractivity contribution in [2.75, 3.05) is 0 Å². The highest BCUT2D eigenvalue weighted by atomic mass is 32.1. The predicted octanol–water partition coefficient (Wildman–Crippen LogP) is 1.59. The number of amides is 2. The number of thiazole rings is 1. The Hall–Kier alpha value is -1.63. The van der Waals surface area contributed by atoms with Gasteiger partial charge >= 0.3 is 12.0 Å². The Labute approximate surface area is 115 Å². The number of aliphatic carboxylic acids is 1. The van der Waals surface area contributed by atoms with Crippen LogP contribution in [-0.4, -0.2) is 28.1 Å². The molecule has 2 atom stereocenters. The van der Waals surface area contributed by atoms with Crippen molar-refractivity contribution in [3.63, 3.8) is 0 Å². The summed E-state index contributed by atoms with van der Waals surface area (Å²) in [6.45, 7) is 0.450. The highest BCUT2D eigenvalue weighted by Gasteiger charge is 2.27. The van der Waals surface area contributed by atoms with Crippen molar-refractivity contribution in [1.82, 2.24) is 15.6 Å². The molecule has 1 fully saturated rings. The fourth-order valence-electron chi connectivity index (χ4n) is 2.28. The number of rotatable bonds is 4. The van der Waals surface area contributed by atoms with Gasteiger partial charge in [-0.15, -0.1) is 11.3 Å². The molecule has 1 aromatic heterocycles. The standard InChI is InChI=1S/C12H17N3O3S/c16-11(17)8-2-1-3-9(4-8)15-12(18)14-6-10-5-13-7-19-10/h5,7-9H,1-4,6H2,(H,16,17)(H2,14,15,18). The summed E-state index contributed by atoms with van der Waals surface area (Å²) < 4.78 is 0. The number of carbonyl (C=O) groups is 2. The summed E-state index contributed by atoms with van der Waals surface area (Å²) in [6.07, 6.45) is 4.62. The zero-order valence-corrected chi connectivity index (χ0v) is 11.3. The van der Waals surface area contributed by atoms with Crippen molar-refractivity contribution in [2.24, 2.45) is 5.92 Å². The first-order valence-corrected chi connectivity index (χ1v) is 7.17. The lowest BCUT2D eigenvalue weighted by Gasteiger charge is -2.27. The van der Waals surface area contributed by atoms with E-state index in [0.29, 0.717) is 19.4 Å². The fraction of sp³-hybridized carbons (Fsp3) is 0.583.